The summed E-state index contributed by atoms with van der Waals surface area (Å²) in [5, 5.41) is 13.0. The highest BCUT2D eigenvalue weighted by Crippen LogP contribution is 2.35. The number of carbonyl (C=O) groups excluding carboxylic acids is 1. The molecule has 0 radical (unpaired) electrons. The number of hydrogen-bond donors (Lipinski definition) is 1. The van der Waals surface area contributed by atoms with Gasteiger partial charge in [-0.25, -0.2) is 9.59 Å². The fourth-order valence-electron chi connectivity index (χ4n) is 2.13. The van der Waals surface area contributed by atoms with Crippen LogP contribution in [-0.2, 0) is 14.4 Å². The van der Waals surface area contributed by atoms with Crippen LogP contribution in [0.1, 0.15) is 20.8 Å². The number of ether oxygens (including phenoxy) is 1. The van der Waals surface area contributed by atoms with Gasteiger partial charge in [0, 0.05) is 6.54 Å². The molecular weight excluding hydrogens is 320 g/mol. The van der Waals surface area contributed by atoms with E-state index in [2.05, 4.69) is 21.1 Å². The van der Waals surface area contributed by atoms with Gasteiger partial charge in [0.05, 0.1) is 5.92 Å². The van der Waals surface area contributed by atoms with Crippen molar-refractivity contribution in [2.75, 3.05) is 6.54 Å². The van der Waals surface area contributed by atoms with Crippen molar-refractivity contribution in [3.63, 3.8) is 0 Å². The SMILES string of the molecule is CC(C)(C)OC(=O)N1C[C@@H]2C(Br)=NO[C@@H]2[C@H]1C(=O)O. The second kappa shape index (κ2) is 4.66. The minimum absolute atomic E-state index is 0.209. The van der Waals surface area contributed by atoms with Gasteiger partial charge in [-0.05, 0) is 36.7 Å². The second-order valence-electron chi connectivity index (χ2n) is 5.51. The summed E-state index contributed by atoms with van der Waals surface area (Å²) in [7, 11) is 0. The van der Waals surface area contributed by atoms with Gasteiger partial charge < -0.3 is 14.7 Å². The summed E-state index contributed by atoms with van der Waals surface area (Å²) in [6.45, 7) is 5.39. The Bertz CT molecular complexity index is 445. The Labute approximate surface area is 118 Å². The summed E-state index contributed by atoms with van der Waals surface area (Å²) >= 11 is 3.21. The summed E-state index contributed by atoms with van der Waals surface area (Å²) in [5.74, 6) is -1.38. The lowest BCUT2D eigenvalue weighted by atomic mass is 10.0. The molecule has 0 aliphatic carbocycles. The van der Waals surface area contributed by atoms with Crippen LogP contribution in [0.25, 0.3) is 0 Å². The van der Waals surface area contributed by atoms with Gasteiger partial charge in [-0.15, -0.1) is 0 Å². The number of rotatable bonds is 1. The molecule has 19 heavy (non-hydrogen) atoms. The Morgan fingerprint density at radius 2 is 2.16 bits per heavy atom. The molecule has 8 heteroatoms. The van der Waals surface area contributed by atoms with Gasteiger partial charge in [-0.2, -0.15) is 0 Å². The van der Waals surface area contributed by atoms with E-state index in [1.54, 1.807) is 20.8 Å². The van der Waals surface area contributed by atoms with Crippen molar-refractivity contribution >= 4 is 32.6 Å². The molecule has 1 saturated heterocycles. The predicted molar refractivity (Wildman–Crippen MR) is 69.1 cm³/mol. The molecule has 2 aliphatic heterocycles. The van der Waals surface area contributed by atoms with Crippen LogP contribution in [0, 0.1) is 5.92 Å². The van der Waals surface area contributed by atoms with Crippen molar-refractivity contribution in [3.8, 4) is 0 Å². The van der Waals surface area contributed by atoms with Crippen LogP contribution < -0.4 is 0 Å². The number of hydrogen-bond acceptors (Lipinski definition) is 5. The van der Waals surface area contributed by atoms with Crippen LogP contribution >= 0.6 is 15.9 Å². The van der Waals surface area contributed by atoms with E-state index in [1.165, 1.54) is 4.90 Å². The molecule has 0 bridgehead atoms. The molecule has 3 atom stereocenters. The summed E-state index contributed by atoms with van der Waals surface area (Å²) in [6, 6.07) is -1.08. The Morgan fingerprint density at radius 1 is 1.53 bits per heavy atom. The summed E-state index contributed by atoms with van der Waals surface area (Å²) < 4.78 is 5.74. The minimum atomic E-state index is -1.13. The van der Waals surface area contributed by atoms with Crippen LogP contribution in [0.4, 0.5) is 4.79 Å². The van der Waals surface area contributed by atoms with Gasteiger partial charge in [0.25, 0.3) is 0 Å². The van der Waals surface area contributed by atoms with Gasteiger partial charge in [0.1, 0.15) is 10.2 Å². The van der Waals surface area contributed by atoms with Crippen molar-refractivity contribution in [3.05, 3.63) is 0 Å². The number of carboxylic acid groups (broad SMARTS) is 1. The molecule has 7 nitrogen and oxygen atoms in total. The molecule has 0 spiro atoms. The third kappa shape index (κ3) is 2.68. The molecule has 1 N–H and O–H groups in total. The smallest absolute Gasteiger partial charge is 0.411 e. The van der Waals surface area contributed by atoms with E-state index in [1.807, 2.05) is 0 Å². The molecular formula is C11H15BrN2O5. The minimum Gasteiger partial charge on any atom is -0.480 e. The highest BCUT2D eigenvalue weighted by Gasteiger charge is 2.55. The average Bonchev–Trinajstić information content (AvgIpc) is 2.76. The summed E-state index contributed by atoms with van der Waals surface area (Å²) in [5.41, 5.74) is -0.677. The summed E-state index contributed by atoms with van der Waals surface area (Å²) in [6.07, 6.45) is -1.32. The molecule has 1 fully saturated rings. The van der Waals surface area contributed by atoms with Gasteiger partial charge >= 0.3 is 12.1 Å². The van der Waals surface area contributed by atoms with Crippen molar-refractivity contribution in [1.82, 2.24) is 4.90 Å². The van der Waals surface area contributed by atoms with Gasteiger partial charge in [-0.3, -0.25) is 4.90 Å². The monoisotopic (exact) mass is 334 g/mol. The molecule has 0 aromatic heterocycles. The first-order valence-electron chi connectivity index (χ1n) is 5.82. The molecule has 0 unspecified atom stereocenters. The molecule has 2 aliphatic rings. The third-order valence-corrected chi connectivity index (χ3v) is 3.62. The quantitative estimate of drug-likeness (QED) is 0.783. The molecule has 2 heterocycles. The Kier molecular flexibility index (Phi) is 3.46. The van der Waals surface area contributed by atoms with E-state index in [-0.39, 0.29) is 12.5 Å². The zero-order chi connectivity index (χ0) is 14.4. The topological polar surface area (TPSA) is 88.4 Å². The van der Waals surface area contributed by atoms with Crippen molar-refractivity contribution in [2.24, 2.45) is 11.1 Å². The lowest BCUT2D eigenvalue weighted by Gasteiger charge is -2.27. The maximum absolute atomic E-state index is 12.0. The maximum Gasteiger partial charge on any atom is 0.411 e. The van der Waals surface area contributed by atoms with E-state index in [9.17, 15) is 14.7 Å². The molecule has 2 rings (SSSR count). The normalized spacial score (nSPS) is 29.6. The number of nitrogens with zero attached hydrogens (tertiary/aromatic N) is 2. The number of oxime groups is 1. The first-order chi connectivity index (χ1) is 8.70. The van der Waals surface area contributed by atoms with Crippen molar-refractivity contribution < 1.29 is 24.3 Å². The second-order valence-corrected chi connectivity index (χ2v) is 6.32. The Balaban J connectivity index is 2.18. The summed E-state index contributed by atoms with van der Waals surface area (Å²) in [4.78, 5) is 29.6. The van der Waals surface area contributed by atoms with Crippen LogP contribution in [0.3, 0.4) is 0 Å². The van der Waals surface area contributed by atoms with Gasteiger partial charge in [0.2, 0.25) is 0 Å². The van der Waals surface area contributed by atoms with Gasteiger partial charge in [-0.1, -0.05) is 5.16 Å². The first-order valence-corrected chi connectivity index (χ1v) is 6.61. The maximum atomic E-state index is 12.0. The number of aliphatic carboxylic acids is 1. The average molecular weight is 335 g/mol. The molecule has 1 amide bonds. The number of halogens is 1. The lowest BCUT2D eigenvalue weighted by Crippen LogP contribution is -2.47. The highest BCUT2D eigenvalue weighted by molar-refractivity contribution is 9.18. The van der Waals surface area contributed by atoms with Crippen molar-refractivity contribution in [1.29, 1.82) is 0 Å². The van der Waals surface area contributed by atoms with E-state index >= 15 is 0 Å². The molecule has 0 saturated carbocycles. The number of fused-ring (bicyclic) bond motifs is 1. The van der Waals surface area contributed by atoms with Crippen LogP contribution in [0.15, 0.2) is 5.16 Å². The fourth-order valence-corrected chi connectivity index (χ4v) is 2.62. The number of amides is 1. The zero-order valence-electron chi connectivity index (χ0n) is 10.8. The molecule has 0 aromatic rings. The number of carboxylic acids is 1. The van der Waals surface area contributed by atoms with Crippen LogP contribution in [-0.4, -0.2) is 51.0 Å². The van der Waals surface area contributed by atoms with E-state index in [4.69, 9.17) is 9.57 Å². The van der Waals surface area contributed by atoms with E-state index in [0.29, 0.717) is 4.62 Å². The first kappa shape index (κ1) is 14.1. The third-order valence-electron chi connectivity index (χ3n) is 2.89. The van der Waals surface area contributed by atoms with E-state index < -0.39 is 29.8 Å². The zero-order valence-corrected chi connectivity index (χ0v) is 12.4. The van der Waals surface area contributed by atoms with Crippen LogP contribution in [0.5, 0.6) is 0 Å². The van der Waals surface area contributed by atoms with E-state index in [0.717, 1.165) is 0 Å². The Hall–Kier alpha value is -1.31. The van der Waals surface area contributed by atoms with Gasteiger partial charge in [0.15, 0.2) is 12.1 Å². The predicted octanol–water partition coefficient (Wildman–Crippen LogP) is 1.41. The largest absolute Gasteiger partial charge is 0.480 e. The van der Waals surface area contributed by atoms with Crippen molar-refractivity contribution in [2.45, 2.75) is 38.5 Å². The molecule has 0 aromatic carbocycles. The standard InChI is InChI=1S/C11H15BrN2O5/c1-11(2,3)18-10(17)14-4-5-7(6(14)9(15)16)19-13-8(5)12/h5-7H,4H2,1-3H3,(H,15,16)/t5-,6-,7-/m0/s1. The Morgan fingerprint density at radius 3 is 2.68 bits per heavy atom. The highest BCUT2D eigenvalue weighted by atomic mass is 79.9. The lowest BCUT2D eigenvalue weighted by molar-refractivity contribution is -0.146. The molecule has 106 valence electrons. The number of carbonyl (C=O) groups is 2. The van der Waals surface area contributed by atoms with Crippen LogP contribution in [0.2, 0.25) is 0 Å². The fraction of sp³-hybridized carbons (Fsp3) is 0.727. The number of likely N-dealkylation sites (tertiary alicyclic amines) is 1.